The predicted octanol–water partition coefficient (Wildman–Crippen LogP) is 4.58. The molecule has 2 aromatic carbocycles. The molecule has 0 atom stereocenters. The van der Waals surface area contributed by atoms with Gasteiger partial charge in [0.2, 0.25) is 0 Å². The van der Waals surface area contributed by atoms with Crippen molar-refractivity contribution in [1.82, 2.24) is 4.90 Å². The van der Waals surface area contributed by atoms with E-state index in [1.165, 1.54) is 0 Å². The van der Waals surface area contributed by atoms with Crippen LogP contribution < -0.4 is 14.8 Å². The number of methoxy groups -OCH3 is 1. The number of rotatable bonds is 6. The first kappa shape index (κ1) is 18.4. The van der Waals surface area contributed by atoms with Crippen molar-refractivity contribution < 1.29 is 9.47 Å². The number of benzene rings is 2. The molecule has 0 amide bonds. The average Bonchev–Trinajstić information content (AvgIpc) is 2.57. The van der Waals surface area contributed by atoms with E-state index in [1.54, 1.807) is 13.2 Å². The van der Waals surface area contributed by atoms with E-state index in [0.29, 0.717) is 23.3 Å². The molecule has 0 saturated carbocycles. The van der Waals surface area contributed by atoms with Crippen molar-refractivity contribution in [1.29, 1.82) is 0 Å². The summed E-state index contributed by atoms with van der Waals surface area (Å²) in [5.41, 5.74) is 1.89. The fourth-order valence-electron chi connectivity index (χ4n) is 2.22. The molecular weight excluding hydrogens is 344 g/mol. The van der Waals surface area contributed by atoms with Gasteiger partial charge < -0.3 is 19.7 Å². The summed E-state index contributed by atoms with van der Waals surface area (Å²) in [5, 5.41) is 4.49. The van der Waals surface area contributed by atoms with Crippen LogP contribution in [0.1, 0.15) is 12.5 Å². The van der Waals surface area contributed by atoms with Gasteiger partial charge in [-0.2, -0.15) is 0 Å². The van der Waals surface area contributed by atoms with Crippen molar-refractivity contribution >= 4 is 34.6 Å². The number of hydrogen-bond acceptors (Lipinski definition) is 3. The van der Waals surface area contributed by atoms with Crippen LogP contribution in [0.5, 0.6) is 11.5 Å². The third-order valence-corrected chi connectivity index (χ3v) is 4.06. The van der Waals surface area contributed by atoms with Gasteiger partial charge in [-0.1, -0.05) is 11.6 Å². The molecule has 0 aliphatic carbocycles. The Morgan fingerprint density at radius 1 is 1.21 bits per heavy atom. The van der Waals surface area contributed by atoms with E-state index < -0.39 is 0 Å². The van der Waals surface area contributed by atoms with Crippen LogP contribution in [0.2, 0.25) is 5.02 Å². The Hall–Kier alpha value is -1.98. The second kappa shape index (κ2) is 8.76. The number of nitrogens with one attached hydrogen (secondary N) is 1. The quantitative estimate of drug-likeness (QED) is 0.759. The number of halogens is 1. The maximum absolute atomic E-state index is 6.07. The van der Waals surface area contributed by atoms with Gasteiger partial charge in [-0.05, 0) is 61.6 Å². The minimum absolute atomic E-state index is 0.590. The SMILES string of the molecule is CCOc1ccc(NC(=S)N(C)Cc2cc(Cl)ccc2OC)cc1. The largest absolute Gasteiger partial charge is 0.496 e. The van der Waals surface area contributed by atoms with Crippen LogP contribution in [0.15, 0.2) is 42.5 Å². The van der Waals surface area contributed by atoms with Crippen LogP contribution >= 0.6 is 23.8 Å². The lowest BCUT2D eigenvalue weighted by atomic mass is 10.2. The molecule has 1 N–H and O–H groups in total. The Bertz CT molecular complexity index is 692. The first-order chi connectivity index (χ1) is 11.5. The molecule has 4 nitrogen and oxygen atoms in total. The summed E-state index contributed by atoms with van der Waals surface area (Å²) in [6, 6.07) is 13.2. The highest BCUT2D eigenvalue weighted by Crippen LogP contribution is 2.24. The maximum Gasteiger partial charge on any atom is 0.173 e. The highest BCUT2D eigenvalue weighted by molar-refractivity contribution is 7.80. The monoisotopic (exact) mass is 364 g/mol. The van der Waals surface area contributed by atoms with Gasteiger partial charge in [-0.15, -0.1) is 0 Å². The topological polar surface area (TPSA) is 33.7 Å². The molecule has 2 aromatic rings. The fraction of sp³-hybridized carbons (Fsp3) is 0.278. The van der Waals surface area contributed by atoms with Crippen molar-refractivity contribution in [2.24, 2.45) is 0 Å². The summed E-state index contributed by atoms with van der Waals surface area (Å²) in [6.45, 7) is 3.20. The minimum atomic E-state index is 0.590. The number of thiocarbonyl (C=S) groups is 1. The summed E-state index contributed by atoms with van der Waals surface area (Å²) < 4.78 is 10.8. The first-order valence-electron chi connectivity index (χ1n) is 7.61. The Kier molecular flexibility index (Phi) is 6.70. The third-order valence-electron chi connectivity index (χ3n) is 3.41. The molecule has 0 saturated heterocycles. The highest BCUT2D eigenvalue weighted by atomic mass is 35.5. The maximum atomic E-state index is 6.07. The number of hydrogen-bond donors (Lipinski definition) is 1. The van der Waals surface area contributed by atoms with Crippen LogP contribution in [-0.4, -0.2) is 30.8 Å². The molecular formula is C18H21ClN2O2S. The van der Waals surface area contributed by atoms with Gasteiger partial charge in [0.25, 0.3) is 0 Å². The van der Waals surface area contributed by atoms with Crippen molar-refractivity contribution in [3.05, 3.63) is 53.1 Å². The molecule has 0 radical (unpaired) electrons. The van der Waals surface area contributed by atoms with Gasteiger partial charge in [-0.25, -0.2) is 0 Å². The Morgan fingerprint density at radius 2 is 1.92 bits per heavy atom. The fourth-order valence-corrected chi connectivity index (χ4v) is 2.60. The van der Waals surface area contributed by atoms with Crippen molar-refractivity contribution in [3.8, 4) is 11.5 Å². The van der Waals surface area contributed by atoms with Gasteiger partial charge in [0.05, 0.1) is 13.7 Å². The summed E-state index contributed by atoms with van der Waals surface area (Å²) in [7, 11) is 3.56. The van der Waals surface area contributed by atoms with Crippen LogP contribution in [-0.2, 0) is 6.54 Å². The van der Waals surface area contributed by atoms with Crippen LogP contribution in [0, 0.1) is 0 Å². The molecule has 24 heavy (non-hydrogen) atoms. The standard InChI is InChI=1S/C18H21ClN2O2S/c1-4-23-16-8-6-15(7-9-16)20-18(24)21(2)12-13-11-14(19)5-10-17(13)22-3/h5-11H,4,12H2,1-3H3,(H,20,24). The molecule has 0 aromatic heterocycles. The van der Waals surface area contributed by atoms with E-state index in [1.807, 2.05) is 55.3 Å². The van der Waals surface area contributed by atoms with Crippen molar-refractivity contribution in [3.63, 3.8) is 0 Å². The average molecular weight is 365 g/mol. The zero-order valence-electron chi connectivity index (χ0n) is 14.0. The molecule has 128 valence electrons. The molecule has 0 spiro atoms. The van der Waals surface area contributed by atoms with Crippen LogP contribution in [0.3, 0.4) is 0 Å². The third kappa shape index (κ3) is 5.01. The van der Waals surface area contributed by atoms with Gasteiger partial charge in [0, 0.05) is 29.9 Å². The lowest BCUT2D eigenvalue weighted by molar-refractivity contribution is 0.340. The number of anilines is 1. The smallest absolute Gasteiger partial charge is 0.173 e. The van der Waals surface area contributed by atoms with Crippen LogP contribution in [0.25, 0.3) is 0 Å². The molecule has 0 fully saturated rings. The summed E-state index contributed by atoms with van der Waals surface area (Å²) in [5.74, 6) is 1.63. The van der Waals surface area contributed by atoms with E-state index in [-0.39, 0.29) is 0 Å². The molecule has 0 aliphatic rings. The first-order valence-corrected chi connectivity index (χ1v) is 8.39. The normalized spacial score (nSPS) is 10.2. The molecule has 6 heteroatoms. The second-order valence-electron chi connectivity index (χ2n) is 5.20. The zero-order valence-corrected chi connectivity index (χ0v) is 15.6. The molecule has 0 heterocycles. The van der Waals surface area contributed by atoms with E-state index in [2.05, 4.69) is 5.32 Å². The van der Waals surface area contributed by atoms with Crippen molar-refractivity contribution in [2.75, 3.05) is 26.1 Å². The van der Waals surface area contributed by atoms with Crippen molar-refractivity contribution in [2.45, 2.75) is 13.5 Å². The molecule has 0 unspecified atom stereocenters. The van der Waals surface area contributed by atoms with E-state index >= 15 is 0 Å². The summed E-state index contributed by atoms with van der Waals surface area (Å²) in [4.78, 5) is 1.93. The lowest BCUT2D eigenvalue weighted by Crippen LogP contribution is -2.30. The number of nitrogens with zero attached hydrogens (tertiary/aromatic N) is 1. The van der Waals surface area contributed by atoms with E-state index in [4.69, 9.17) is 33.3 Å². The zero-order chi connectivity index (χ0) is 17.5. The predicted molar refractivity (Wildman–Crippen MR) is 103 cm³/mol. The second-order valence-corrected chi connectivity index (χ2v) is 6.02. The Balaban J connectivity index is 2.00. The van der Waals surface area contributed by atoms with E-state index in [0.717, 1.165) is 22.7 Å². The van der Waals surface area contributed by atoms with Gasteiger partial charge in [0.1, 0.15) is 11.5 Å². The van der Waals surface area contributed by atoms with Crippen LogP contribution in [0.4, 0.5) is 5.69 Å². The van der Waals surface area contributed by atoms with E-state index in [9.17, 15) is 0 Å². The summed E-state index contributed by atoms with van der Waals surface area (Å²) in [6.07, 6.45) is 0. The molecule has 0 aliphatic heterocycles. The Labute approximate surface area is 153 Å². The van der Waals surface area contributed by atoms with Gasteiger partial charge >= 0.3 is 0 Å². The van der Waals surface area contributed by atoms with Gasteiger partial charge in [-0.3, -0.25) is 0 Å². The number of ether oxygens (including phenoxy) is 2. The molecule has 2 rings (SSSR count). The Morgan fingerprint density at radius 3 is 2.54 bits per heavy atom. The molecule has 0 bridgehead atoms. The lowest BCUT2D eigenvalue weighted by Gasteiger charge is -2.22. The minimum Gasteiger partial charge on any atom is -0.496 e. The van der Waals surface area contributed by atoms with Gasteiger partial charge in [0.15, 0.2) is 5.11 Å². The highest BCUT2D eigenvalue weighted by Gasteiger charge is 2.10. The summed E-state index contributed by atoms with van der Waals surface area (Å²) >= 11 is 11.5.